The van der Waals surface area contributed by atoms with Crippen LogP contribution in [-0.2, 0) is 19.0 Å². The first-order valence-electron chi connectivity index (χ1n) is 8.39. The van der Waals surface area contributed by atoms with E-state index in [0.717, 1.165) is 55.4 Å². The first-order chi connectivity index (χ1) is 11.4. The van der Waals surface area contributed by atoms with E-state index in [1.54, 1.807) is 6.07 Å². The lowest BCUT2D eigenvalue weighted by Crippen LogP contribution is -2.14. The summed E-state index contributed by atoms with van der Waals surface area (Å²) in [5, 5.41) is 7.87. The molecule has 1 aromatic carbocycles. The fraction of sp³-hybridized carbons (Fsp3) is 0.500. The molecule has 2 aromatic rings. The zero-order chi connectivity index (χ0) is 17.3. The molecule has 0 bridgehead atoms. The van der Waals surface area contributed by atoms with Gasteiger partial charge in [-0.25, -0.2) is 4.68 Å². The fourth-order valence-corrected chi connectivity index (χ4v) is 3.20. The van der Waals surface area contributed by atoms with E-state index in [0.29, 0.717) is 5.92 Å². The summed E-state index contributed by atoms with van der Waals surface area (Å²) in [4.78, 5) is 0. The SMILES string of the molecule is CC(C)Cc1nn(-c2ccccc2C(F)(F)F)c2c1CCCCN2. The molecule has 0 saturated heterocycles. The molecule has 0 fully saturated rings. The van der Waals surface area contributed by atoms with Gasteiger partial charge in [0.25, 0.3) is 0 Å². The fourth-order valence-electron chi connectivity index (χ4n) is 3.20. The van der Waals surface area contributed by atoms with Crippen molar-refractivity contribution in [1.82, 2.24) is 9.78 Å². The minimum Gasteiger partial charge on any atom is -0.370 e. The van der Waals surface area contributed by atoms with Crippen molar-refractivity contribution in [2.75, 3.05) is 11.9 Å². The van der Waals surface area contributed by atoms with E-state index in [2.05, 4.69) is 24.3 Å². The van der Waals surface area contributed by atoms with Crippen molar-refractivity contribution in [1.29, 1.82) is 0 Å². The van der Waals surface area contributed by atoms with Crippen LogP contribution in [0.1, 0.15) is 43.5 Å². The first kappa shape index (κ1) is 16.9. The van der Waals surface area contributed by atoms with Crippen molar-refractivity contribution < 1.29 is 13.2 Å². The maximum absolute atomic E-state index is 13.4. The summed E-state index contributed by atoms with van der Waals surface area (Å²) in [6, 6.07) is 5.64. The van der Waals surface area contributed by atoms with Crippen LogP contribution in [0.5, 0.6) is 0 Å². The molecule has 130 valence electrons. The number of nitrogens with one attached hydrogen (secondary N) is 1. The Morgan fingerprint density at radius 3 is 2.67 bits per heavy atom. The van der Waals surface area contributed by atoms with Crippen molar-refractivity contribution >= 4 is 5.82 Å². The molecule has 0 radical (unpaired) electrons. The lowest BCUT2D eigenvalue weighted by Gasteiger charge is -2.15. The molecule has 2 heterocycles. The van der Waals surface area contributed by atoms with Gasteiger partial charge in [-0.15, -0.1) is 0 Å². The number of hydrogen-bond acceptors (Lipinski definition) is 2. The van der Waals surface area contributed by atoms with Crippen molar-refractivity contribution in [3.05, 3.63) is 41.1 Å². The summed E-state index contributed by atoms with van der Waals surface area (Å²) < 4.78 is 41.7. The van der Waals surface area contributed by atoms with E-state index >= 15 is 0 Å². The van der Waals surface area contributed by atoms with Gasteiger partial charge in [-0.2, -0.15) is 18.3 Å². The number of anilines is 1. The van der Waals surface area contributed by atoms with Crippen LogP contribution in [0.2, 0.25) is 0 Å². The Bertz CT molecular complexity index is 717. The van der Waals surface area contributed by atoms with Gasteiger partial charge in [-0.05, 0) is 43.7 Å². The maximum Gasteiger partial charge on any atom is 0.418 e. The zero-order valence-electron chi connectivity index (χ0n) is 14.0. The monoisotopic (exact) mass is 337 g/mol. The molecule has 3 nitrogen and oxygen atoms in total. The van der Waals surface area contributed by atoms with Gasteiger partial charge >= 0.3 is 6.18 Å². The molecule has 0 spiro atoms. The average Bonchev–Trinajstić information content (AvgIpc) is 2.70. The average molecular weight is 337 g/mol. The van der Waals surface area contributed by atoms with Gasteiger partial charge in [0, 0.05) is 12.1 Å². The molecule has 1 aliphatic rings. The van der Waals surface area contributed by atoms with E-state index in [1.807, 2.05) is 0 Å². The van der Waals surface area contributed by atoms with Crippen LogP contribution >= 0.6 is 0 Å². The number of hydrogen-bond donors (Lipinski definition) is 1. The Kier molecular flexibility index (Phi) is 4.56. The van der Waals surface area contributed by atoms with Gasteiger partial charge in [-0.3, -0.25) is 0 Å². The van der Waals surface area contributed by atoms with Crippen LogP contribution in [0.3, 0.4) is 0 Å². The van der Waals surface area contributed by atoms with Gasteiger partial charge in [0.15, 0.2) is 0 Å². The molecular weight excluding hydrogens is 315 g/mol. The maximum atomic E-state index is 13.4. The normalized spacial score (nSPS) is 15.1. The third-order valence-electron chi connectivity index (χ3n) is 4.25. The number of rotatable bonds is 3. The molecule has 0 atom stereocenters. The number of aromatic nitrogens is 2. The van der Waals surface area contributed by atoms with Crippen molar-refractivity contribution in [2.24, 2.45) is 5.92 Å². The number of fused-ring (bicyclic) bond motifs is 1. The Labute approximate surface area is 139 Å². The van der Waals surface area contributed by atoms with Gasteiger partial charge < -0.3 is 5.32 Å². The summed E-state index contributed by atoms with van der Waals surface area (Å²) in [5.74, 6) is 1.12. The Morgan fingerprint density at radius 1 is 1.21 bits per heavy atom. The van der Waals surface area contributed by atoms with Gasteiger partial charge in [-0.1, -0.05) is 26.0 Å². The molecule has 0 aliphatic carbocycles. The Hall–Kier alpha value is -1.98. The Balaban J connectivity index is 2.17. The largest absolute Gasteiger partial charge is 0.418 e. The standard InChI is InChI=1S/C18H22F3N3/c1-12(2)11-15-13-7-5-6-10-22-17(13)24(23-15)16-9-4-3-8-14(16)18(19,20)21/h3-4,8-9,12,22H,5-7,10-11H2,1-2H3. The summed E-state index contributed by atoms with van der Waals surface area (Å²) in [5.41, 5.74) is 1.41. The van der Waals surface area contributed by atoms with Crippen LogP contribution in [0.25, 0.3) is 5.69 Å². The molecular formula is C18H22F3N3. The quantitative estimate of drug-likeness (QED) is 0.869. The summed E-state index contributed by atoms with van der Waals surface area (Å²) in [6.07, 6.45) is -0.740. The smallest absolute Gasteiger partial charge is 0.370 e. The van der Waals surface area contributed by atoms with Crippen LogP contribution in [0.4, 0.5) is 19.0 Å². The molecule has 1 aliphatic heterocycles. The Morgan fingerprint density at radius 2 is 1.96 bits per heavy atom. The van der Waals surface area contributed by atoms with Crippen LogP contribution < -0.4 is 5.32 Å². The van der Waals surface area contributed by atoms with E-state index in [9.17, 15) is 13.2 Å². The number of nitrogens with zero attached hydrogens (tertiary/aromatic N) is 2. The molecule has 0 unspecified atom stereocenters. The molecule has 6 heteroatoms. The summed E-state index contributed by atoms with van der Waals surface area (Å²) in [6.45, 7) is 4.95. The third kappa shape index (κ3) is 3.28. The van der Waals surface area contributed by atoms with E-state index in [4.69, 9.17) is 0 Å². The number of halogens is 3. The first-order valence-corrected chi connectivity index (χ1v) is 8.39. The second kappa shape index (κ2) is 6.49. The second-order valence-electron chi connectivity index (χ2n) is 6.68. The highest BCUT2D eigenvalue weighted by atomic mass is 19.4. The predicted molar refractivity (Wildman–Crippen MR) is 88.5 cm³/mol. The molecule has 0 saturated carbocycles. The number of benzene rings is 1. The van der Waals surface area contributed by atoms with Crippen molar-refractivity contribution in [3.63, 3.8) is 0 Å². The van der Waals surface area contributed by atoms with E-state index < -0.39 is 11.7 Å². The molecule has 24 heavy (non-hydrogen) atoms. The molecule has 1 aromatic heterocycles. The zero-order valence-corrected chi connectivity index (χ0v) is 14.0. The highest BCUT2D eigenvalue weighted by molar-refractivity contribution is 5.56. The second-order valence-corrected chi connectivity index (χ2v) is 6.68. The highest BCUT2D eigenvalue weighted by Crippen LogP contribution is 2.36. The number of alkyl halides is 3. The molecule has 1 N–H and O–H groups in total. The van der Waals surface area contributed by atoms with E-state index in [-0.39, 0.29) is 5.69 Å². The third-order valence-corrected chi connectivity index (χ3v) is 4.25. The van der Waals surface area contributed by atoms with Crippen LogP contribution in [0, 0.1) is 5.92 Å². The molecule has 0 amide bonds. The van der Waals surface area contributed by atoms with Crippen molar-refractivity contribution in [2.45, 2.75) is 45.7 Å². The van der Waals surface area contributed by atoms with Gasteiger partial charge in [0.05, 0.1) is 16.9 Å². The van der Waals surface area contributed by atoms with E-state index in [1.165, 1.54) is 16.8 Å². The highest BCUT2D eigenvalue weighted by Gasteiger charge is 2.35. The minimum absolute atomic E-state index is 0.0886. The minimum atomic E-state index is -4.40. The summed E-state index contributed by atoms with van der Waals surface area (Å²) >= 11 is 0. The van der Waals surface area contributed by atoms with Gasteiger partial charge in [0.1, 0.15) is 5.82 Å². The van der Waals surface area contributed by atoms with Crippen LogP contribution in [-0.4, -0.2) is 16.3 Å². The van der Waals surface area contributed by atoms with Gasteiger partial charge in [0.2, 0.25) is 0 Å². The summed E-state index contributed by atoms with van der Waals surface area (Å²) in [7, 11) is 0. The topological polar surface area (TPSA) is 29.9 Å². The molecule has 3 rings (SSSR count). The lowest BCUT2D eigenvalue weighted by molar-refractivity contribution is -0.137. The lowest BCUT2D eigenvalue weighted by atomic mass is 10.0. The number of para-hydroxylation sites is 1. The predicted octanol–water partition coefficient (Wildman–Crippen LogP) is 4.84. The van der Waals surface area contributed by atoms with Crippen LogP contribution in [0.15, 0.2) is 24.3 Å². The van der Waals surface area contributed by atoms with Crippen molar-refractivity contribution in [3.8, 4) is 5.69 Å².